The molecular weight excluding hydrogens is 202 g/mol. The summed E-state index contributed by atoms with van der Waals surface area (Å²) in [7, 11) is 0. The van der Waals surface area contributed by atoms with Gasteiger partial charge in [-0.15, -0.1) is 0 Å². The van der Waals surface area contributed by atoms with Crippen LogP contribution in [0.5, 0.6) is 0 Å². The minimum atomic E-state index is 0.248. The molecule has 90 valence electrons. The second-order valence-corrected chi connectivity index (χ2v) is 4.01. The molecule has 0 saturated heterocycles. The van der Waals surface area contributed by atoms with Gasteiger partial charge in [0.25, 0.3) is 0 Å². The summed E-state index contributed by atoms with van der Waals surface area (Å²) in [4.78, 5) is 3.94. The third kappa shape index (κ3) is 4.06. The van der Waals surface area contributed by atoms with Crippen molar-refractivity contribution in [2.45, 2.75) is 26.2 Å². The van der Waals surface area contributed by atoms with Crippen molar-refractivity contribution in [2.75, 3.05) is 24.2 Å². The molecule has 0 saturated carbocycles. The summed E-state index contributed by atoms with van der Waals surface area (Å²) < 4.78 is 0. The Morgan fingerprint density at radius 3 is 2.94 bits per heavy atom. The van der Waals surface area contributed by atoms with Crippen molar-refractivity contribution in [3.63, 3.8) is 0 Å². The fourth-order valence-electron chi connectivity index (χ4n) is 1.76. The van der Waals surface area contributed by atoms with Crippen molar-refractivity contribution < 1.29 is 5.11 Å². The first kappa shape index (κ1) is 12.8. The molecule has 0 radical (unpaired) electrons. The van der Waals surface area contributed by atoms with Gasteiger partial charge >= 0.3 is 0 Å². The molecule has 0 aliphatic rings. The number of pyridine rings is 1. The van der Waals surface area contributed by atoms with Crippen molar-refractivity contribution in [1.82, 2.24) is 4.98 Å². The van der Waals surface area contributed by atoms with E-state index in [1.165, 1.54) is 0 Å². The normalized spacial score (nSPS) is 12.4. The van der Waals surface area contributed by atoms with Gasteiger partial charge in [0.15, 0.2) is 0 Å². The van der Waals surface area contributed by atoms with Crippen LogP contribution in [0, 0.1) is 5.92 Å². The molecule has 0 bridgehead atoms. The van der Waals surface area contributed by atoms with Crippen molar-refractivity contribution in [2.24, 2.45) is 5.92 Å². The summed E-state index contributed by atoms with van der Waals surface area (Å²) in [5, 5.41) is 12.3. The van der Waals surface area contributed by atoms with E-state index in [1.54, 1.807) is 12.4 Å². The van der Waals surface area contributed by atoms with Crippen LogP contribution >= 0.6 is 0 Å². The third-order valence-electron chi connectivity index (χ3n) is 2.67. The van der Waals surface area contributed by atoms with E-state index < -0.39 is 0 Å². The number of nitrogens with zero attached hydrogens (tertiary/aromatic N) is 1. The monoisotopic (exact) mass is 223 g/mol. The Hall–Kier alpha value is -1.29. The molecule has 1 atom stereocenters. The van der Waals surface area contributed by atoms with Crippen LogP contribution in [0.25, 0.3) is 0 Å². The van der Waals surface area contributed by atoms with Crippen LogP contribution in [0.15, 0.2) is 18.5 Å². The van der Waals surface area contributed by atoms with Crippen LogP contribution in [0.2, 0.25) is 0 Å². The standard InChI is InChI=1S/C12H21N3O/c1-2-3-10(5-7-16)8-15-12-4-6-14-9-11(12)13/h4,6,9-10,16H,2-3,5,7-8,13H2,1H3,(H,14,15). The molecule has 0 aliphatic carbocycles. The molecular formula is C12H21N3O. The molecule has 0 aromatic carbocycles. The van der Waals surface area contributed by atoms with Gasteiger partial charge in [-0.2, -0.15) is 0 Å². The number of aliphatic hydroxyl groups is 1. The molecule has 0 fully saturated rings. The number of aliphatic hydroxyl groups excluding tert-OH is 1. The number of hydrogen-bond acceptors (Lipinski definition) is 4. The highest BCUT2D eigenvalue weighted by Crippen LogP contribution is 2.17. The van der Waals surface area contributed by atoms with Crippen LogP contribution in [0.3, 0.4) is 0 Å². The van der Waals surface area contributed by atoms with Crippen LogP contribution in [0.4, 0.5) is 11.4 Å². The van der Waals surface area contributed by atoms with E-state index in [-0.39, 0.29) is 6.61 Å². The van der Waals surface area contributed by atoms with Gasteiger partial charge in [-0.1, -0.05) is 13.3 Å². The lowest BCUT2D eigenvalue weighted by molar-refractivity contribution is 0.255. The number of nitrogens with two attached hydrogens (primary N) is 1. The van der Waals surface area contributed by atoms with E-state index >= 15 is 0 Å². The Balaban J connectivity index is 2.45. The summed E-state index contributed by atoms with van der Waals surface area (Å²) in [5.74, 6) is 0.502. The molecule has 0 spiro atoms. The van der Waals surface area contributed by atoms with Crippen LogP contribution < -0.4 is 11.1 Å². The largest absolute Gasteiger partial charge is 0.396 e. The number of hydrogen-bond donors (Lipinski definition) is 3. The molecule has 4 nitrogen and oxygen atoms in total. The number of nitrogens with one attached hydrogen (secondary N) is 1. The van der Waals surface area contributed by atoms with Gasteiger partial charge in [0.2, 0.25) is 0 Å². The van der Waals surface area contributed by atoms with Gasteiger partial charge in [-0.25, -0.2) is 0 Å². The van der Waals surface area contributed by atoms with E-state index in [4.69, 9.17) is 10.8 Å². The molecule has 0 aliphatic heterocycles. The zero-order chi connectivity index (χ0) is 11.8. The molecule has 1 heterocycles. The Morgan fingerprint density at radius 2 is 2.31 bits per heavy atom. The first-order valence-corrected chi connectivity index (χ1v) is 5.82. The molecule has 1 aromatic heterocycles. The summed E-state index contributed by atoms with van der Waals surface area (Å²) >= 11 is 0. The maximum Gasteiger partial charge on any atom is 0.0736 e. The van der Waals surface area contributed by atoms with Gasteiger partial charge < -0.3 is 16.2 Å². The second-order valence-electron chi connectivity index (χ2n) is 4.01. The topological polar surface area (TPSA) is 71.2 Å². The van der Waals surface area contributed by atoms with E-state index in [2.05, 4.69) is 17.2 Å². The average Bonchev–Trinajstić information content (AvgIpc) is 2.28. The van der Waals surface area contributed by atoms with Gasteiger partial charge in [-0.3, -0.25) is 4.98 Å². The Bertz CT molecular complexity index is 298. The lowest BCUT2D eigenvalue weighted by atomic mass is 10.0. The van der Waals surface area contributed by atoms with E-state index in [1.807, 2.05) is 6.07 Å². The zero-order valence-corrected chi connectivity index (χ0v) is 9.82. The number of aromatic nitrogens is 1. The molecule has 16 heavy (non-hydrogen) atoms. The SMILES string of the molecule is CCCC(CCO)CNc1ccncc1N. The number of nitrogen functional groups attached to an aromatic ring is 1. The van der Waals surface area contributed by atoms with Crippen molar-refractivity contribution in [3.05, 3.63) is 18.5 Å². The summed E-state index contributed by atoms with van der Waals surface area (Å²) in [6.45, 7) is 3.26. The first-order valence-electron chi connectivity index (χ1n) is 5.82. The first-order chi connectivity index (χ1) is 7.77. The fourth-order valence-corrected chi connectivity index (χ4v) is 1.76. The molecule has 4 heteroatoms. The van der Waals surface area contributed by atoms with E-state index in [0.717, 1.165) is 31.5 Å². The minimum Gasteiger partial charge on any atom is -0.396 e. The van der Waals surface area contributed by atoms with E-state index in [9.17, 15) is 0 Å². The summed E-state index contributed by atoms with van der Waals surface area (Å²) in [6.07, 6.45) is 6.46. The van der Waals surface area contributed by atoms with Crippen molar-refractivity contribution in [1.29, 1.82) is 0 Å². The van der Waals surface area contributed by atoms with Crippen LogP contribution in [-0.2, 0) is 0 Å². The van der Waals surface area contributed by atoms with Crippen molar-refractivity contribution in [3.8, 4) is 0 Å². The lowest BCUT2D eigenvalue weighted by Crippen LogP contribution is -2.16. The minimum absolute atomic E-state index is 0.248. The lowest BCUT2D eigenvalue weighted by Gasteiger charge is -2.17. The fraction of sp³-hybridized carbons (Fsp3) is 0.583. The Morgan fingerprint density at radius 1 is 1.50 bits per heavy atom. The maximum absolute atomic E-state index is 8.95. The molecule has 1 aromatic rings. The number of anilines is 2. The highest BCUT2D eigenvalue weighted by atomic mass is 16.3. The molecule has 0 amide bonds. The van der Waals surface area contributed by atoms with Crippen LogP contribution in [-0.4, -0.2) is 23.2 Å². The zero-order valence-electron chi connectivity index (χ0n) is 9.82. The van der Waals surface area contributed by atoms with Gasteiger partial charge in [-0.05, 0) is 24.8 Å². The second kappa shape index (κ2) is 7.06. The quantitative estimate of drug-likeness (QED) is 0.660. The Labute approximate surface area is 96.9 Å². The maximum atomic E-state index is 8.95. The third-order valence-corrected chi connectivity index (χ3v) is 2.67. The van der Waals surface area contributed by atoms with Gasteiger partial charge in [0.05, 0.1) is 17.6 Å². The molecule has 1 rings (SSSR count). The molecule has 4 N–H and O–H groups in total. The van der Waals surface area contributed by atoms with E-state index in [0.29, 0.717) is 11.6 Å². The predicted octanol–water partition coefficient (Wildman–Crippen LogP) is 1.87. The average molecular weight is 223 g/mol. The van der Waals surface area contributed by atoms with Crippen molar-refractivity contribution >= 4 is 11.4 Å². The molecule has 1 unspecified atom stereocenters. The summed E-state index contributed by atoms with van der Waals surface area (Å²) in [5.41, 5.74) is 7.37. The predicted molar refractivity (Wildman–Crippen MR) is 67.2 cm³/mol. The Kier molecular flexibility index (Phi) is 5.64. The number of rotatable bonds is 7. The highest BCUT2D eigenvalue weighted by molar-refractivity contribution is 5.64. The summed E-state index contributed by atoms with van der Waals surface area (Å²) in [6, 6.07) is 1.87. The van der Waals surface area contributed by atoms with Gasteiger partial charge in [0, 0.05) is 19.3 Å². The smallest absolute Gasteiger partial charge is 0.0736 e. The van der Waals surface area contributed by atoms with Crippen LogP contribution in [0.1, 0.15) is 26.2 Å². The van der Waals surface area contributed by atoms with Gasteiger partial charge in [0.1, 0.15) is 0 Å². The highest BCUT2D eigenvalue weighted by Gasteiger charge is 2.07.